The fraction of sp³-hybridized carbons (Fsp3) is 0.478. The van der Waals surface area contributed by atoms with Gasteiger partial charge in [0, 0.05) is 49.4 Å². The molecule has 1 aliphatic rings. The second kappa shape index (κ2) is 9.36. The molecule has 172 valence electrons. The Labute approximate surface area is 185 Å². The van der Waals surface area contributed by atoms with Gasteiger partial charge in [0.2, 0.25) is 0 Å². The monoisotopic (exact) mass is 447 g/mol. The van der Waals surface area contributed by atoms with E-state index in [1.54, 1.807) is 0 Å². The molecule has 0 aliphatic carbocycles. The third kappa shape index (κ3) is 5.32. The Morgan fingerprint density at radius 3 is 2.69 bits per heavy atom. The van der Waals surface area contributed by atoms with E-state index in [-0.39, 0.29) is 0 Å². The van der Waals surface area contributed by atoms with E-state index in [1.807, 2.05) is 4.68 Å². The smallest absolute Gasteiger partial charge is 0.416 e. The molecule has 32 heavy (non-hydrogen) atoms. The van der Waals surface area contributed by atoms with Crippen molar-refractivity contribution in [2.75, 3.05) is 19.7 Å². The van der Waals surface area contributed by atoms with Crippen molar-refractivity contribution in [3.63, 3.8) is 0 Å². The molecular weight excluding hydrogens is 419 g/mol. The van der Waals surface area contributed by atoms with Gasteiger partial charge in [-0.05, 0) is 57.1 Å². The van der Waals surface area contributed by atoms with Gasteiger partial charge in [0.15, 0.2) is 0 Å². The van der Waals surface area contributed by atoms with Crippen molar-refractivity contribution >= 4 is 0 Å². The molecule has 1 aromatic carbocycles. The van der Waals surface area contributed by atoms with Crippen molar-refractivity contribution < 1.29 is 17.9 Å². The van der Waals surface area contributed by atoms with Crippen molar-refractivity contribution in [3.8, 4) is 5.75 Å². The Kier molecular flexibility index (Phi) is 6.55. The van der Waals surface area contributed by atoms with Crippen LogP contribution in [0.3, 0.4) is 0 Å². The normalized spacial score (nSPS) is 17.2. The minimum Gasteiger partial charge on any atom is -0.493 e. The van der Waals surface area contributed by atoms with Crippen LogP contribution in [-0.4, -0.2) is 44.6 Å². The Balaban J connectivity index is 1.25. The summed E-state index contributed by atoms with van der Waals surface area (Å²) in [6.07, 6.45) is -0.532. The summed E-state index contributed by atoms with van der Waals surface area (Å²) < 4.78 is 45.5. The molecule has 3 aromatic rings. The standard InChI is InChI=1S/C23H28F3N5O/c1-3-31-15-18(16(2)29-31)14-30-10-8-17(13-30)22-12-20(27-28-22)9-11-32-21-6-4-19(5-7-21)23(24,25)26/h4-7,12,15,17H,3,8-11,13-14H2,1-2H3,(H,27,28)/t17-/m1/s1. The third-order valence-corrected chi connectivity index (χ3v) is 5.93. The van der Waals surface area contributed by atoms with E-state index in [2.05, 4.69) is 46.3 Å². The van der Waals surface area contributed by atoms with Crippen molar-refractivity contribution in [2.45, 2.75) is 51.9 Å². The van der Waals surface area contributed by atoms with Crippen molar-refractivity contribution in [1.29, 1.82) is 0 Å². The molecule has 2 aromatic heterocycles. The van der Waals surface area contributed by atoms with E-state index in [0.29, 0.717) is 24.7 Å². The highest BCUT2D eigenvalue weighted by Crippen LogP contribution is 2.30. The summed E-state index contributed by atoms with van der Waals surface area (Å²) in [5.41, 5.74) is 3.70. The number of ether oxygens (including phenoxy) is 1. The second-order valence-electron chi connectivity index (χ2n) is 8.25. The molecule has 1 aliphatic heterocycles. The van der Waals surface area contributed by atoms with Crippen LogP contribution in [0.15, 0.2) is 36.5 Å². The van der Waals surface area contributed by atoms with Crippen molar-refractivity contribution in [1.82, 2.24) is 24.9 Å². The number of likely N-dealkylation sites (tertiary alicyclic amines) is 1. The molecule has 0 spiro atoms. The van der Waals surface area contributed by atoms with E-state index >= 15 is 0 Å². The van der Waals surface area contributed by atoms with Gasteiger partial charge in [-0.1, -0.05) is 0 Å². The maximum Gasteiger partial charge on any atom is 0.416 e. The molecule has 6 nitrogen and oxygen atoms in total. The van der Waals surface area contributed by atoms with Gasteiger partial charge in [-0.25, -0.2) is 0 Å². The molecule has 3 heterocycles. The molecule has 0 bridgehead atoms. The van der Waals surface area contributed by atoms with Crippen LogP contribution < -0.4 is 4.74 Å². The first kappa shape index (κ1) is 22.4. The fourth-order valence-corrected chi connectivity index (χ4v) is 4.07. The van der Waals surface area contributed by atoms with E-state index in [9.17, 15) is 13.2 Å². The van der Waals surface area contributed by atoms with Gasteiger partial charge in [-0.3, -0.25) is 14.7 Å². The molecule has 9 heteroatoms. The van der Waals surface area contributed by atoms with Gasteiger partial charge in [-0.15, -0.1) is 0 Å². The Bertz CT molecular complexity index is 1030. The molecule has 1 N–H and O–H groups in total. The average molecular weight is 448 g/mol. The van der Waals surface area contributed by atoms with Crippen LogP contribution in [0.2, 0.25) is 0 Å². The number of hydrogen-bond acceptors (Lipinski definition) is 4. The van der Waals surface area contributed by atoms with Gasteiger partial charge >= 0.3 is 6.18 Å². The van der Waals surface area contributed by atoms with Gasteiger partial charge in [-0.2, -0.15) is 23.4 Å². The van der Waals surface area contributed by atoms with E-state index in [4.69, 9.17) is 4.74 Å². The lowest BCUT2D eigenvalue weighted by atomic mass is 10.0. The number of aromatic nitrogens is 4. The van der Waals surface area contributed by atoms with Gasteiger partial charge in [0.05, 0.1) is 23.6 Å². The maximum atomic E-state index is 12.6. The topological polar surface area (TPSA) is 59.0 Å². The lowest BCUT2D eigenvalue weighted by Gasteiger charge is -2.14. The highest BCUT2D eigenvalue weighted by atomic mass is 19.4. The lowest BCUT2D eigenvalue weighted by molar-refractivity contribution is -0.137. The maximum absolute atomic E-state index is 12.6. The van der Waals surface area contributed by atoms with Gasteiger partial charge in [0.1, 0.15) is 5.75 Å². The number of halogens is 3. The van der Waals surface area contributed by atoms with Crippen LogP contribution in [0, 0.1) is 6.92 Å². The summed E-state index contributed by atoms with van der Waals surface area (Å²) in [5, 5.41) is 12.1. The van der Waals surface area contributed by atoms with Crippen LogP contribution >= 0.6 is 0 Å². The molecule has 1 atom stereocenters. The second-order valence-corrected chi connectivity index (χ2v) is 8.25. The molecule has 4 rings (SSSR count). The molecule has 0 saturated carbocycles. The summed E-state index contributed by atoms with van der Waals surface area (Å²) in [6, 6.07) is 6.83. The first-order valence-electron chi connectivity index (χ1n) is 10.9. The molecule has 1 fully saturated rings. The number of hydrogen-bond donors (Lipinski definition) is 1. The third-order valence-electron chi connectivity index (χ3n) is 5.93. The minimum absolute atomic E-state index is 0.366. The van der Waals surface area contributed by atoms with Crippen LogP contribution in [0.1, 0.15) is 47.5 Å². The summed E-state index contributed by atoms with van der Waals surface area (Å²) in [5.74, 6) is 0.809. The lowest BCUT2D eigenvalue weighted by Crippen LogP contribution is -2.20. The highest BCUT2D eigenvalue weighted by Gasteiger charge is 2.30. The quantitative estimate of drug-likeness (QED) is 0.550. The largest absolute Gasteiger partial charge is 0.493 e. The zero-order valence-electron chi connectivity index (χ0n) is 18.3. The Morgan fingerprint density at radius 1 is 1.22 bits per heavy atom. The number of aromatic amines is 1. The number of alkyl halides is 3. The number of H-pyrrole nitrogens is 1. The minimum atomic E-state index is -4.34. The molecule has 0 unspecified atom stereocenters. The van der Waals surface area contributed by atoms with Gasteiger partial charge in [0.25, 0.3) is 0 Å². The first-order valence-corrected chi connectivity index (χ1v) is 10.9. The van der Waals surface area contributed by atoms with E-state index < -0.39 is 11.7 Å². The van der Waals surface area contributed by atoms with Crippen LogP contribution in [0.4, 0.5) is 13.2 Å². The molecular formula is C23H28F3N5O. The summed E-state index contributed by atoms with van der Waals surface area (Å²) >= 11 is 0. The molecule has 0 radical (unpaired) electrons. The number of rotatable bonds is 8. The average Bonchev–Trinajstić information content (AvgIpc) is 3.49. The summed E-state index contributed by atoms with van der Waals surface area (Å²) in [4.78, 5) is 2.44. The predicted octanol–water partition coefficient (Wildman–Crippen LogP) is 4.56. The number of nitrogens with zero attached hydrogens (tertiary/aromatic N) is 4. The van der Waals surface area contributed by atoms with Crippen molar-refractivity contribution in [3.05, 3.63) is 64.7 Å². The van der Waals surface area contributed by atoms with E-state index in [1.165, 1.54) is 17.7 Å². The fourth-order valence-electron chi connectivity index (χ4n) is 4.07. The molecule has 0 amide bonds. The number of nitrogens with one attached hydrogen (secondary N) is 1. The van der Waals surface area contributed by atoms with Crippen LogP contribution in [0.5, 0.6) is 5.75 Å². The first-order chi connectivity index (χ1) is 15.3. The van der Waals surface area contributed by atoms with Crippen LogP contribution in [0.25, 0.3) is 0 Å². The van der Waals surface area contributed by atoms with E-state index in [0.717, 1.165) is 61.8 Å². The van der Waals surface area contributed by atoms with Crippen LogP contribution in [-0.2, 0) is 25.7 Å². The molecule has 1 saturated heterocycles. The summed E-state index contributed by atoms with van der Waals surface area (Å²) in [7, 11) is 0. The highest BCUT2D eigenvalue weighted by molar-refractivity contribution is 5.29. The Hall–Kier alpha value is -2.81. The number of benzene rings is 1. The SMILES string of the molecule is CCn1cc(CN2CC[C@@H](c3cc(CCOc4ccc(C(F)(F)F)cc4)[nH]n3)C2)c(C)n1. The van der Waals surface area contributed by atoms with Gasteiger partial charge < -0.3 is 4.74 Å². The predicted molar refractivity (Wildman–Crippen MR) is 115 cm³/mol. The number of aryl methyl sites for hydroxylation is 2. The van der Waals surface area contributed by atoms with Crippen molar-refractivity contribution in [2.24, 2.45) is 0 Å². The Morgan fingerprint density at radius 2 is 2.00 bits per heavy atom. The zero-order valence-corrected chi connectivity index (χ0v) is 18.3. The summed E-state index contributed by atoms with van der Waals surface area (Å²) in [6.45, 7) is 8.28. The zero-order chi connectivity index (χ0) is 22.7.